The molecule has 7 nitrogen and oxygen atoms in total. The van der Waals surface area contributed by atoms with Gasteiger partial charge in [0.1, 0.15) is 0 Å². The Kier molecular flexibility index (Phi) is 6.03. The van der Waals surface area contributed by atoms with E-state index in [0.29, 0.717) is 35.4 Å². The van der Waals surface area contributed by atoms with Crippen molar-refractivity contribution in [2.24, 2.45) is 5.92 Å². The van der Waals surface area contributed by atoms with Crippen LogP contribution in [0.2, 0.25) is 5.02 Å². The molecule has 1 aromatic carbocycles. The Morgan fingerprint density at radius 3 is 2.64 bits per heavy atom. The van der Waals surface area contributed by atoms with E-state index in [4.69, 9.17) is 16.1 Å². The summed E-state index contributed by atoms with van der Waals surface area (Å²) in [6.07, 6.45) is 1.53. The van der Waals surface area contributed by atoms with Gasteiger partial charge in [0, 0.05) is 29.1 Å². The fourth-order valence-electron chi connectivity index (χ4n) is 3.09. The van der Waals surface area contributed by atoms with Crippen molar-refractivity contribution in [3.8, 4) is 0 Å². The molecule has 0 radical (unpaired) electrons. The van der Waals surface area contributed by atoms with Crippen molar-refractivity contribution in [1.29, 1.82) is 0 Å². The quantitative estimate of drug-likeness (QED) is 0.845. The number of nitrogens with zero attached hydrogens (tertiary/aromatic N) is 3. The van der Waals surface area contributed by atoms with Crippen LogP contribution < -0.4 is 5.32 Å². The highest BCUT2D eigenvalue weighted by Gasteiger charge is 2.29. The highest BCUT2D eigenvalue weighted by molar-refractivity contribution is 6.30. The molecule has 1 saturated heterocycles. The van der Waals surface area contributed by atoms with E-state index in [9.17, 15) is 9.59 Å². The van der Waals surface area contributed by atoms with Gasteiger partial charge in [0.2, 0.25) is 11.8 Å². The van der Waals surface area contributed by atoms with Gasteiger partial charge >= 0.3 is 0 Å². The number of hydrogen-bond acceptors (Lipinski definition) is 5. The second-order valence-electron chi connectivity index (χ2n) is 8.08. The van der Waals surface area contributed by atoms with Gasteiger partial charge < -0.3 is 14.7 Å². The largest absolute Gasteiger partial charge is 0.348 e. The maximum absolute atomic E-state index is 12.7. The van der Waals surface area contributed by atoms with Crippen molar-refractivity contribution in [3.05, 3.63) is 46.6 Å². The first kappa shape index (κ1) is 20.3. The number of rotatable bonds is 4. The van der Waals surface area contributed by atoms with Gasteiger partial charge in [-0.1, -0.05) is 37.5 Å². The van der Waals surface area contributed by atoms with E-state index >= 15 is 0 Å². The van der Waals surface area contributed by atoms with Crippen molar-refractivity contribution < 1.29 is 14.1 Å². The third kappa shape index (κ3) is 4.90. The molecule has 28 heavy (non-hydrogen) atoms. The summed E-state index contributed by atoms with van der Waals surface area (Å²) in [5, 5.41) is 7.36. The van der Waals surface area contributed by atoms with Crippen LogP contribution in [0.5, 0.6) is 0 Å². The van der Waals surface area contributed by atoms with Gasteiger partial charge in [-0.15, -0.1) is 0 Å². The molecule has 2 aromatic rings. The smallest absolute Gasteiger partial charge is 0.253 e. The average Bonchev–Trinajstić information content (AvgIpc) is 3.16. The topological polar surface area (TPSA) is 88.3 Å². The Morgan fingerprint density at radius 2 is 2.00 bits per heavy atom. The number of nitrogens with one attached hydrogen (secondary N) is 1. The molecule has 1 aromatic heterocycles. The monoisotopic (exact) mass is 404 g/mol. The number of aromatic nitrogens is 2. The highest BCUT2D eigenvalue weighted by atomic mass is 35.5. The Hall–Kier alpha value is -2.41. The minimum absolute atomic E-state index is 0.0813. The minimum atomic E-state index is -0.251. The summed E-state index contributed by atoms with van der Waals surface area (Å²) >= 11 is 5.88. The van der Waals surface area contributed by atoms with Crippen LogP contribution in [-0.2, 0) is 16.8 Å². The van der Waals surface area contributed by atoms with Gasteiger partial charge in [-0.3, -0.25) is 9.59 Å². The molecule has 1 N–H and O–H groups in total. The number of halogens is 1. The first-order valence-corrected chi connectivity index (χ1v) is 9.77. The van der Waals surface area contributed by atoms with Crippen LogP contribution in [0, 0.1) is 5.92 Å². The lowest BCUT2D eigenvalue weighted by Gasteiger charge is -2.32. The van der Waals surface area contributed by atoms with Gasteiger partial charge in [0.25, 0.3) is 5.91 Å². The third-order valence-electron chi connectivity index (χ3n) is 4.70. The van der Waals surface area contributed by atoms with E-state index in [1.165, 1.54) is 0 Å². The molecule has 0 spiro atoms. The van der Waals surface area contributed by atoms with Crippen LogP contribution in [0.25, 0.3) is 0 Å². The molecular formula is C20H25ClN4O3. The molecule has 1 aliphatic rings. The Balaban J connectivity index is 1.56. The lowest BCUT2D eigenvalue weighted by atomic mass is 9.96. The molecule has 0 bridgehead atoms. The number of amides is 2. The Morgan fingerprint density at radius 1 is 1.29 bits per heavy atom. The van der Waals surface area contributed by atoms with Crippen LogP contribution in [-0.4, -0.2) is 39.9 Å². The maximum atomic E-state index is 12.7. The lowest BCUT2D eigenvalue weighted by molar-refractivity contribution is -0.126. The van der Waals surface area contributed by atoms with E-state index in [-0.39, 0.29) is 29.7 Å². The van der Waals surface area contributed by atoms with E-state index in [1.807, 2.05) is 20.8 Å². The molecule has 2 amide bonds. The summed E-state index contributed by atoms with van der Waals surface area (Å²) in [5.41, 5.74) is 0.341. The molecule has 0 aliphatic carbocycles. The van der Waals surface area contributed by atoms with Crippen LogP contribution in [0.1, 0.15) is 55.7 Å². The van der Waals surface area contributed by atoms with Crippen molar-refractivity contribution in [2.75, 3.05) is 13.1 Å². The van der Waals surface area contributed by atoms with Crippen molar-refractivity contribution >= 4 is 23.4 Å². The fourth-order valence-corrected chi connectivity index (χ4v) is 3.22. The highest BCUT2D eigenvalue weighted by Crippen LogP contribution is 2.21. The van der Waals surface area contributed by atoms with Crippen LogP contribution >= 0.6 is 11.6 Å². The lowest BCUT2D eigenvalue weighted by Crippen LogP contribution is -2.45. The summed E-state index contributed by atoms with van der Waals surface area (Å²) < 4.78 is 5.24. The predicted molar refractivity (Wildman–Crippen MR) is 105 cm³/mol. The van der Waals surface area contributed by atoms with Gasteiger partial charge in [-0.2, -0.15) is 4.98 Å². The second kappa shape index (κ2) is 8.31. The molecule has 2 heterocycles. The molecule has 1 aliphatic heterocycles. The summed E-state index contributed by atoms with van der Waals surface area (Å²) in [7, 11) is 0. The van der Waals surface area contributed by atoms with Crippen LogP contribution in [0.3, 0.4) is 0 Å². The zero-order chi connectivity index (χ0) is 20.3. The Labute approximate surface area is 169 Å². The van der Waals surface area contributed by atoms with Crippen LogP contribution in [0.4, 0.5) is 0 Å². The molecule has 1 fully saturated rings. The third-order valence-corrected chi connectivity index (χ3v) is 4.95. The predicted octanol–water partition coefficient (Wildman–Crippen LogP) is 3.19. The molecule has 1 atom stereocenters. The van der Waals surface area contributed by atoms with Gasteiger partial charge in [-0.25, -0.2) is 0 Å². The first-order valence-electron chi connectivity index (χ1n) is 9.39. The van der Waals surface area contributed by atoms with Gasteiger partial charge in [-0.05, 0) is 37.1 Å². The van der Waals surface area contributed by atoms with E-state index in [0.717, 1.165) is 12.8 Å². The molecule has 3 rings (SSSR count). The molecule has 8 heteroatoms. The van der Waals surface area contributed by atoms with Crippen molar-refractivity contribution in [2.45, 2.75) is 45.6 Å². The molecule has 0 saturated carbocycles. The summed E-state index contributed by atoms with van der Waals surface area (Å²) in [6.45, 7) is 7.20. The van der Waals surface area contributed by atoms with Crippen molar-refractivity contribution in [3.63, 3.8) is 0 Å². The van der Waals surface area contributed by atoms with E-state index in [1.54, 1.807) is 29.2 Å². The molecular weight excluding hydrogens is 380 g/mol. The number of hydrogen-bond donors (Lipinski definition) is 1. The SMILES string of the molecule is CC(C)(C)c1nc(CNC(=O)C2CCCN(C(=O)c3ccc(Cl)cc3)C2)no1. The van der Waals surface area contributed by atoms with Crippen molar-refractivity contribution in [1.82, 2.24) is 20.4 Å². The number of carbonyl (C=O) groups is 2. The zero-order valence-corrected chi connectivity index (χ0v) is 17.1. The number of carbonyl (C=O) groups excluding carboxylic acids is 2. The number of benzene rings is 1. The van der Waals surface area contributed by atoms with Gasteiger partial charge in [0.15, 0.2) is 5.82 Å². The number of likely N-dealkylation sites (tertiary alicyclic amines) is 1. The minimum Gasteiger partial charge on any atom is -0.348 e. The Bertz CT molecular complexity index is 842. The molecule has 150 valence electrons. The summed E-state index contributed by atoms with van der Waals surface area (Å²) in [5.74, 6) is 0.550. The van der Waals surface area contributed by atoms with E-state index < -0.39 is 0 Å². The number of piperidine rings is 1. The normalized spacial score (nSPS) is 17.4. The summed E-state index contributed by atoms with van der Waals surface area (Å²) in [4.78, 5) is 31.3. The zero-order valence-electron chi connectivity index (χ0n) is 16.4. The first-order chi connectivity index (χ1) is 13.2. The van der Waals surface area contributed by atoms with Crippen LogP contribution in [0.15, 0.2) is 28.8 Å². The summed E-state index contributed by atoms with van der Waals surface area (Å²) in [6, 6.07) is 6.80. The maximum Gasteiger partial charge on any atom is 0.253 e. The fraction of sp³-hybridized carbons (Fsp3) is 0.500. The second-order valence-corrected chi connectivity index (χ2v) is 8.52. The molecule has 1 unspecified atom stereocenters. The van der Waals surface area contributed by atoms with Gasteiger partial charge in [0.05, 0.1) is 12.5 Å². The standard InChI is InChI=1S/C20H25ClN4O3/c1-20(2,3)19-23-16(24-28-19)11-22-17(26)14-5-4-10-25(12-14)18(27)13-6-8-15(21)9-7-13/h6-9,14H,4-5,10-12H2,1-3H3,(H,22,26). The average molecular weight is 405 g/mol. The van der Waals surface area contributed by atoms with E-state index in [2.05, 4.69) is 15.5 Å².